The predicted molar refractivity (Wildman–Crippen MR) is 90.7 cm³/mol. The van der Waals surface area contributed by atoms with Crippen molar-refractivity contribution in [2.75, 3.05) is 13.2 Å². The molecular formula is C19H17NO5. The van der Waals surface area contributed by atoms with E-state index < -0.39 is 11.9 Å². The van der Waals surface area contributed by atoms with Crippen LogP contribution in [0.15, 0.2) is 36.5 Å². The fraction of sp³-hybridized carbons (Fsp3) is 0.211. The minimum atomic E-state index is -0.659. The Labute approximate surface area is 145 Å². The summed E-state index contributed by atoms with van der Waals surface area (Å²) in [4.78, 5) is 28.3. The summed E-state index contributed by atoms with van der Waals surface area (Å²) in [6, 6.07) is 8.05. The Kier molecular flexibility index (Phi) is 6.13. The number of rotatable bonds is 6. The molecule has 0 radical (unpaired) electrons. The molecule has 0 unspecified atom stereocenters. The van der Waals surface area contributed by atoms with Crippen molar-refractivity contribution in [1.82, 2.24) is 4.98 Å². The van der Waals surface area contributed by atoms with E-state index in [9.17, 15) is 9.59 Å². The molecule has 0 aliphatic rings. The van der Waals surface area contributed by atoms with Gasteiger partial charge in [-0.3, -0.25) is 4.98 Å². The highest BCUT2D eigenvalue weighted by atomic mass is 16.6. The lowest BCUT2D eigenvalue weighted by Crippen LogP contribution is -2.14. The van der Waals surface area contributed by atoms with Gasteiger partial charge in [0, 0.05) is 6.20 Å². The van der Waals surface area contributed by atoms with Gasteiger partial charge in [-0.2, -0.15) is 0 Å². The number of carbonyl (C=O) groups excluding carboxylic acids is 2. The largest absolute Gasteiger partial charge is 0.477 e. The number of para-hydroxylation sites is 2. The number of carbonyl (C=O) groups is 2. The predicted octanol–water partition coefficient (Wildman–Crippen LogP) is 2.80. The number of terminal acetylenes is 1. The van der Waals surface area contributed by atoms with Crippen molar-refractivity contribution < 1.29 is 23.8 Å². The average Bonchev–Trinajstić information content (AvgIpc) is 2.61. The molecule has 6 heteroatoms. The second kappa shape index (κ2) is 8.50. The Balaban J connectivity index is 2.26. The molecule has 0 spiro atoms. The highest BCUT2D eigenvalue weighted by Gasteiger charge is 2.18. The Bertz CT molecular complexity index is 823. The molecule has 1 aromatic carbocycles. The van der Waals surface area contributed by atoms with E-state index in [1.165, 1.54) is 12.3 Å². The molecule has 1 aromatic heterocycles. The van der Waals surface area contributed by atoms with Crippen LogP contribution in [0.2, 0.25) is 0 Å². The number of benzene rings is 1. The monoisotopic (exact) mass is 339 g/mol. The van der Waals surface area contributed by atoms with Crippen LogP contribution in [0.1, 0.15) is 33.3 Å². The molecule has 0 aliphatic heterocycles. The molecule has 2 aromatic rings. The zero-order chi connectivity index (χ0) is 18.2. The minimum Gasteiger partial charge on any atom is -0.477 e. The third-order valence-electron chi connectivity index (χ3n) is 3.18. The molecule has 0 saturated carbocycles. The van der Waals surface area contributed by atoms with Crippen molar-refractivity contribution in [2.24, 2.45) is 0 Å². The van der Waals surface area contributed by atoms with Crippen molar-refractivity contribution in [2.45, 2.75) is 13.8 Å². The van der Waals surface area contributed by atoms with Crippen LogP contribution in [0.25, 0.3) is 0 Å². The lowest BCUT2D eigenvalue weighted by molar-refractivity contribution is 0.0526. The smallest absolute Gasteiger partial charge is 0.345 e. The summed E-state index contributed by atoms with van der Waals surface area (Å²) in [6.07, 6.45) is 6.53. The van der Waals surface area contributed by atoms with E-state index in [0.29, 0.717) is 11.4 Å². The second-order valence-corrected chi connectivity index (χ2v) is 4.91. The summed E-state index contributed by atoms with van der Waals surface area (Å²) in [5, 5.41) is 0. The summed E-state index contributed by atoms with van der Waals surface area (Å²) in [7, 11) is 0. The molecule has 0 saturated heterocycles. The molecule has 128 valence electrons. The zero-order valence-corrected chi connectivity index (χ0v) is 13.9. The van der Waals surface area contributed by atoms with Gasteiger partial charge in [-0.15, -0.1) is 6.42 Å². The minimum absolute atomic E-state index is 0.0491. The van der Waals surface area contributed by atoms with E-state index in [-0.39, 0.29) is 30.1 Å². The highest BCUT2D eigenvalue weighted by molar-refractivity contribution is 5.96. The zero-order valence-electron chi connectivity index (χ0n) is 13.9. The molecule has 6 nitrogen and oxygen atoms in total. The first-order valence-electron chi connectivity index (χ1n) is 7.58. The number of nitrogens with zero attached hydrogens (tertiary/aromatic N) is 1. The van der Waals surface area contributed by atoms with E-state index in [1.807, 2.05) is 0 Å². The summed E-state index contributed by atoms with van der Waals surface area (Å²) in [6.45, 7) is 3.62. The van der Waals surface area contributed by atoms with Crippen LogP contribution in [0, 0.1) is 19.3 Å². The molecule has 0 bridgehead atoms. The number of esters is 2. The third kappa shape index (κ3) is 4.58. The quantitative estimate of drug-likeness (QED) is 0.458. The van der Waals surface area contributed by atoms with E-state index in [0.717, 1.165) is 0 Å². The molecular weight excluding hydrogens is 322 g/mol. The van der Waals surface area contributed by atoms with Gasteiger partial charge in [0.25, 0.3) is 0 Å². The van der Waals surface area contributed by atoms with Crippen LogP contribution in [-0.4, -0.2) is 30.1 Å². The van der Waals surface area contributed by atoms with Crippen molar-refractivity contribution in [1.29, 1.82) is 0 Å². The Morgan fingerprint density at radius 1 is 1.20 bits per heavy atom. The first-order valence-corrected chi connectivity index (χ1v) is 7.58. The molecule has 0 atom stereocenters. The number of aryl methyl sites for hydroxylation is 1. The van der Waals surface area contributed by atoms with Gasteiger partial charge in [0.05, 0.1) is 23.4 Å². The second-order valence-electron chi connectivity index (χ2n) is 4.91. The van der Waals surface area contributed by atoms with Gasteiger partial charge in [-0.1, -0.05) is 18.1 Å². The van der Waals surface area contributed by atoms with E-state index in [1.54, 1.807) is 38.1 Å². The lowest BCUT2D eigenvalue weighted by atomic mass is 10.1. The van der Waals surface area contributed by atoms with Crippen molar-refractivity contribution in [3.63, 3.8) is 0 Å². The summed E-state index contributed by atoms with van der Waals surface area (Å²) in [5.74, 6) is 1.71. The molecule has 0 fully saturated rings. The van der Waals surface area contributed by atoms with Crippen LogP contribution in [0.4, 0.5) is 0 Å². The van der Waals surface area contributed by atoms with Gasteiger partial charge in [0.1, 0.15) is 6.61 Å². The topological polar surface area (TPSA) is 74.7 Å². The maximum atomic E-state index is 12.5. The van der Waals surface area contributed by atoms with Gasteiger partial charge in [-0.05, 0) is 32.0 Å². The average molecular weight is 339 g/mol. The maximum absolute atomic E-state index is 12.5. The highest BCUT2D eigenvalue weighted by Crippen LogP contribution is 2.27. The van der Waals surface area contributed by atoms with Crippen molar-refractivity contribution in [3.05, 3.63) is 53.3 Å². The number of pyridine rings is 1. The Morgan fingerprint density at radius 2 is 1.92 bits per heavy atom. The summed E-state index contributed by atoms with van der Waals surface area (Å²) < 4.78 is 15.6. The maximum Gasteiger partial charge on any atom is 0.345 e. The van der Waals surface area contributed by atoms with Crippen LogP contribution in [0.3, 0.4) is 0 Å². The number of aromatic nitrogens is 1. The number of ether oxygens (including phenoxy) is 3. The normalized spacial score (nSPS) is 9.80. The van der Waals surface area contributed by atoms with Gasteiger partial charge >= 0.3 is 11.9 Å². The first kappa shape index (κ1) is 18.0. The van der Waals surface area contributed by atoms with Crippen molar-refractivity contribution in [3.8, 4) is 23.8 Å². The molecule has 0 N–H and O–H groups in total. The van der Waals surface area contributed by atoms with Crippen LogP contribution < -0.4 is 9.47 Å². The van der Waals surface area contributed by atoms with Gasteiger partial charge in [-0.25, -0.2) is 9.59 Å². The molecule has 1 heterocycles. The first-order chi connectivity index (χ1) is 12.1. The number of hydrogen-bond acceptors (Lipinski definition) is 6. The summed E-state index contributed by atoms with van der Waals surface area (Å²) >= 11 is 0. The molecule has 0 aliphatic carbocycles. The fourth-order valence-electron chi connectivity index (χ4n) is 1.99. The van der Waals surface area contributed by atoms with Crippen LogP contribution >= 0.6 is 0 Å². The summed E-state index contributed by atoms with van der Waals surface area (Å²) in [5.41, 5.74) is 0.772. The van der Waals surface area contributed by atoms with E-state index in [4.69, 9.17) is 20.6 Å². The molecule has 2 rings (SSSR count). The van der Waals surface area contributed by atoms with E-state index >= 15 is 0 Å². The molecule has 0 amide bonds. The van der Waals surface area contributed by atoms with Gasteiger partial charge < -0.3 is 14.2 Å². The Morgan fingerprint density at radius 3 is 2.60 bits per heavy atom. The van der Waals surface area contributed by atoms with Gasteiger partial charge in [0.15, 0.2) is 11.5 Å². The van der Waals surface area contributed by atoms with Crippen LogP contribution in [-0.2, 0) is 4.74 Å². The fourth-order valence-corrected chi connectivity index (χ4v) is 1.99. The number of hydrogen-bond donors (Lipinski definition) is 0. The van der Waals surface area contributed by atoms with Crippen molar-refractivity contribution >= 4 is 11.9 Å². The van der Waals surface area contributed by atoms with Crippen LogP contribution in [0.5, 0.6) is 11.5 Å². The van der Waals surface area contributed by atoms with Gasteiger partial charge in [0.2, 0.25) is 0 Å². The lowest BCUT2D eigenvalue weighted by Gasteiger charge is -2.11. The molecule has 25 heavy (non-hydrogen) atoms. The third-order valence-corrected chi connectivity index (χ3v) is 3.18. The standard InChI is InChI=1S/C19H17NO5/c1-4-10-24-16-8-6-7-9-17(16)25-19(22)15-11-14(12-20-13(15)3)18(21)23-5-2/h1,6-9,11-12H,5,10H2,2-3H3. The van der Waals surface area contributed by atoms with E-state index in [2.05, 4.69) is 10.9 Å². The Hall–Kier alpha value is -3.33. The SMILES string of the molecule is C#CCOc1ccccc1OC(=O)c1cc(C(=O)OCC)cnc1C.